The largest absolute Gasteiger partial charge is 0.445 e. The summed E-state index contributed by atoms with van der Waals surface area (Å²) in [6.07, 6.45) is -4.69. The molecular weight excluding hydrogens is 597 g/mol. The van der Waals surface area contributed by atoms with Gasteiger partial charge in [-0.1, -0.05) is 116 Å². The number of rotatable bonds is 6. The summed E-state index contributed by atoms with van der Waals surface area (Å²) in [7, 11) is -3.17. The van der Waals surface area contributed by atoms with E-state index < -0.39 is 66.3 Å². The highest BCUT2D eigenvalue weighted by atomic mass is 35.6. The van der Waals surface area contributed by atoms with Crippen molar-refractivity contribution in [3.8, 4) is 0 Å². The lowest BCUT2D eigenvalue weighted by Crippen LogP contribution is -2.74. The van der Waals surface area contributed by atoms with Crippen LogP contribution in [0.1, 0.15) is 34.6 Å². The van der Waals surface area contributed by atoms with E-state index in [0.717, 1.165) is 10.4 Å². The Labute approximate surface area is 251 Å². The fourth-order valence-electron chi connectivity index (χ4n) is 5.29. The molecule has 2 N–H and O–H groups in total. The Morgan fingerprint density at radius 1 is 1.05 bits per heavy atom. The Hall–Kier alpha value is -1.40. The van der Waals surface area contributed by atoms with E-state index in [-0.39, 0.29) is 6.61 Å². The van der Waals surface area contributed by atoms with Gasteiger partial charge in [-0.2, -0.15) is 0 Å². The zero-order valence-corrected chi connectivity index (χ0v) is 26.4. The Morgan fingerprint density at radius 3 is 2.10 bits per heavy atom. The summed E-state index contributed by atoms with van der Waals surface area (Å²) in [6.45, 7) is 9.53. The second-order valence-electron chi connectivity index (χ2n) is 11.5. The smallest absolute Gasteiger partial charge is 0.407 e. The molecule has 4 rings (SSSR count). The first-order valence-electron chi connectivity index (χ1n) is 13.1. The maximum Gasteiger partial charge on any atom is 0.407 e. The van der Waals surface area contributed by atoms with Crippen molar-refractivity contribution in [3.05, 3.63) is 60.7 Å². The molecule has 12 heteroatoms. The van der Waals surface area contributed by atoms with Crippen LogP contribution in [0.25, 0.3) is 0 Å². The van der Waals surface area contributed by atoms with Gasteiger partial charge in [-0.15, -0.1) is 0 Å². The number of nitrogens with one attached hydrogen (secondary N) is 1. The number of carbonyl (C=O) groups excluding carboxylic acids is 1. The van der Waals surface area contributed by atoms with Gasteiger partial charge < -0.3 is 33.8 Å². The Morgan fingerprint density at radius 2 is 1.60 bits per heavy atom. The minimum Gasteiger partial charge on any atom is -0.445 e. The van der Waals surface area contributed by atoms with E-state index in [1.165, 1.54) is 0 Å². The normalized spacial score (nSPS) is 27.0. The second kappa shape index (κ2) is 12.1. The van der Waals surface area contributed by atoms with Crippen LogP contribution in [0.5, 0.6) is 0 Å². The third-order valence-corrected chi connectivity index (χ3v) is 12.4. The van der Waals surface area contributed by atoms with Crippen molar-refractivity contribution in [1.82, 2.24) is 5.32 Å². The lowest BCUT2D eigenvalue weighted by molar-refractivity contribution is -0.362. The average Bonchev–Trinajstić information content (AvgIpc) is 2.88. The molecule has 2 aliphatic heterocycles. The van der Waals surface area contributed by atoms with Crippen LogP contribution in [0.15, 0.2) is 60.7 Å². The molecule has 5 atom stereocenters. The lowest BCUT2D eigenvalue weighted by atomic mass is 9.95. The van der Waals surface area contributed by atoms with Crippen molar-refractivity contribution in [2.75, 3.05) is 13.2 Å². The molecule has 2 aromatic rings. The number of fused-ring (bicyclic) bond motifs is 1. The number of ether oxygens (including phenoxy) is 4. The maximum atomic E-state index is 12.9. The highest BCUT2D eigenvalue weighted by molar-refractivity contribution is 6.99. The van der Waals surface area contributed by atoms with Gasteiger partial charge in [-0.3, -0.25) is 0 Å². The fourth-order valence-corrected chi connectivity index (χ4v) is 10.0. The van der Waals surface area contributed by atoms with Crippen LogP contribution in [0.4, 0.5) is 4.79 Å². The van der Waals surface area contributed by atoms with Crippen molar-refractivity contribution < 1.29 is 33.3 Å². The van der Waals surface area contributed by atoms with E-state index in [1.807, 2.05) is 60.7 Å². The third-order valence-electron chi connectivity index (χ3n) is 7.05. The van der Waals surface area contributed by atoms with E-state index in [0.29, 0.717) is 0 Å². The van der Waals surface area contributed by atoms with Crippen LogP contribution in [-0.2, 0) is 23.4 Å². The molecule has 1 amide bonds. The minimum absolute atomic E-state index is 0.166. The van der Waals surface area contributed by atoms with Crippen LogP contribution >= 0.6 is 34.8 Å². The molecule has 0 aromatic heterocycles. The number of carbonyl (C=O) groups is 1. The van der Waals surface area contributed by atoms with Gasteiger partial charge in [0.15, 0.2) is 12.1 Å². The summed E-state index contributed by atoms with van der Waals surface area (Å²) in [4.78, 5) is 12.9. The number of hydrogen-bond acceptors (Lipinski definition) is 7. The molecule has 2 fully saturated rings. The highest BCUT2D eigenvalue weighted by Gasteiger charge is 2.57. The first-order valence-corrected chi connectivity index (χ1v) is 16.1. The molecule has 2 saturated heterocycles. The first kappa shape index (κ1) is 31.5. The van der Waals surface area contributed by atoms with Crippen molar-refractivity contribution in [2.24, 2.45) is 0 Å². The van der Waals surface area contributed by atoms with Crippen molar-refractivity contribution in [2.45, 2.75) is 79.9 Å². The number of aliphatic hydroxyl groups excluding tert-OH is 1. The number of benzene rings is 2. The van der Waals surface area contributed by atoms with E-state index in [2.05, 4.69) is 26.1 Å². The topological polar surface area (TPSA) is 95.5 Å². The molecule has 40 heavy (non-hydrogen) atoms. The van der Waals surface area contributed by atoms with Crippen molar-refractivity contribution >= 4 is 59.6 Å². The van der Waals surface area contributed by atoms with Crippen LogP contribution in [0.3, 0.4) is 0 Å². The molecule has 0 bridgehead atoms. The summed E-state index contributed by atoms with van der Waals surface area (Å²) < 4.78 is 28.8. The third kappa shape index (κ3) is 6.96. The molecule has 0 saturated carbocycles. The second-order valence-corrected chi connectivity index (χ2v) is 18.2. The van der Waals surface area contributed by atoms with Gasteiger partial charge in [0.25, 0.3) is 8.32 Å². The van der Waals surface area contributed by atoms with Gasteiger partial charge in [0.1, 0.15) is 31.0 Å². The molecule has 0 aliphatic carbocycles. The molecule has 2 aliphatic rings. The Balaban J connectivity index is 1.77. The molecule has 220 valence electrons. The van der Waals surface area contributed by atoms with Crippen LogP contribution in [-0.4, -0.2) is 73.0 Å². The molecule has 8 nitrogen and oxygen atoms in total. The van der Waals surface area contributed by atoms with Gasteiger partial charge in [-0.25, -0.2) is 4.79 Å². The van der Waals surface area contributed by atoms with Gasteiger partial charge in [0.2, 0.25) is 3.79 Å². The van der Waals surface area contributed by atoms with Gasteiger partial charge >= 0.3 is 6.09 Å². The standard InChI is InChI=1S/C28H36Cl3NO7Si/c1-26(2,3)40(18-12-8-6-9-13-18,19-14-10-7-11-15-19)39-24-21(32-25(34)35-17-28(29,30)31)22(33)23-20(37-24)16-36-27(4,5)38-23/h6-15,20-24,33H,16-17H2,1-5H3,(H,32,34)/t20-,21-,22-,23-,24-/m1/s1. The zero-order valence-electron chi connectivity index (χ0n) is 23.1. The summed E-state index contributed by atoms with van der Waals surface area (Å²) in [5.74, 6) is -0.961. The Kier molecular flexibility index (Phi) is 9.51. The SMILES string of the molecule is CC1(C)OC[C@H]2O[C@H](O[Si](c3ccccc3)(c3ccccc3)C(C)(C)C)[C@H](NC(=O)OCC(Cl)(Cl)Cl)[C@@H](O)[C@@H]2O1. The quantitative estimate of drug-likeness (QED) is 0.363. The van der Waals surface area contributed by atoms with Crippen molar-refractivity contribution in [1.29, 1.82) is 0 Å². The van der Waals surface area contributed by atoms with E-state index in [4.69, 9.17) is 58.2 Å². The van der Waals surface area contributed by atoms with Gasteiger partial charge in [0, 0.05) is 0 Å². The van der Waals surface area contributed by atoms with Crippen molar-refractivity contribution in [3.63, 3.8) is 0 Å². The summed E-state index contributed by atoms with van der Waals surface area (Å²) >= 11 is 17.3. The summed E-state index contributed by atoms with van der Waals surface area (Å²) in [5.41, 5.74) is 0. The number of alkyl halides is 3. The predicted octanol–water partition coefficient (Wildman–Crippen LogP) is 4.27. The number of hydrogen-bond donors (Lipinski definition) is 2. The molecule has 0 unspecified atom stereocenters. The highest BCUT2D eigenvalue weighted by Crippen LogP contribution is 2.40. The maximum absolute atomic E-state index is 12.9. The lowest BCUT2D eigenvalue weighted by Gasteiger charge is -2.53. The van der Waals surface area contributed by atoms with Gasteiger partial charge in [0.05, 0.1) is 6.61 Å². The summed E-state index contributed by atoms with van der Waals surface area (Å²) in [6, 6.07) is 18.9. The molecule has 2 heterocycles. The van der Waals surface area contributed by atoms with Gasteiger partial charge in [-0.05, 0) is 29.3 Å². The number of amides is 1. The molecule has 2 aromatic carbocycles. The number of alkyl carbamates (subject to hydrolysis) is 1. The number of halogens is 3. The summed E-state index contributed by atoms with van der Waals surface area (Å²) in [5, 5.41) is 15.9. The predicted molar refractivity (Wildman–Crippen MR) is 157 cm³/mol. The van der Waals surface area contributed by atoms with Crippen LogP contribution in [0.2, 0.25) is 5.04 Å². The number of aliphatic hydroxyl groups is 1. The molecule has 0 spiro atoms. The minimum atomic E-state index is -3.17. The van der Waals surface area contributed by atoms with E-state index >= 15 is 0 Å². The monoisotopic (exact) mass is 631 g/mol. The van der Waals surface area contributed by atoms with Crippen LogP contribution < -0.4 is 15.7 Å². The molecule has 0 radical (unpaired) electrons. The van der Waals surface area contributed by atoms with E-state index in [9.17, 15) is 9.90 Å². The first-order chi connectivity index (χ1) is 18.6. The fraction of sp³-hybridized carbons (Fsp3) is 0.536. The Bertz CT molecular complexity index is 1100. The molecular formula is C28H36Cl3NO7Si. The zero-order chi connectivity index (χ0) is 29.3. The average molecular weight is 633 g/mol. The van der Waals surface area contributed by atoms with E-state index in [1.54, 1.807) is 13.8 Å². The van der Waals surface area contributed by atoms with Crippen LogP contribution in [0, 0.1) is 0 Å².